The van der Waals surface area contributed by atoms with E-state index >= 15 is 0 Å². The van der Waals surface area contributed by atoms with Crippen molar-refractivity contribution in [3.63, 3.8) is 0 Å². The standard InChI is InChI=1S/C12H15BrO3/c13-10-1-3-11(4-2-10)15-7-8-16-12-5-6-14-9-12/h1-4,12H,5-9H2. The number of hydrogen-bond donors (Lipinski definition) is 0. The summed E-state index contributed by atoms with van der Waals surface area (Å²) >= 11 is 3.38. The van der Waals surface area contributed by atoms with Crippen molar-refractivity contribution in [1.82, 2.24) is 0 Å². The lowest BCUT2D eigenvalue weighted by Crippen LogP contribution is -2.16. The number of rotatable bonds is 5. The van der Waals surface area contributed by atoms with Crippen LogP contribution in [-0.4, -0.2) is 32.5 Å². The van der Waals surface area contributed by atoms with Crippen LogP contribution in [0.4, 0.5) is 0 Å². The molecule has 1 aromatic carbocycles. The number of benzene rings is 1. The summed E-state index contributed by atoms with van der Waals surface area (Å²) in [7, 11) is 0. The molecule has 1 fully saturated rings. The molecular formula is C12H15BrO3. The van der Waals surface area contributed by atoms with Gasteiger partial charge < -0.3 is 14.2 Å². The fourth-order valence-corrected chi connectivity index (χ4v) is 1.81. The summed E-state index contributed by atoms with van der Waals surface area (Å²) in [5, 5.41) is 0. The van der Waals surface area contributed by atoms with Crippen molar-refractivity contribution in [3.05, 3.63) is 28.7 Å². The van der Waals surface area contributed by atoms with Gasteiger partial charge in [-0.15, -0.1) is 0 Å². The zero-order chi connectivity index (χ0) is 11.2. The predicted molar refractivity (Wildman–Crippen MR) is 64.8 cm³/mol. The van der Waals surface area contributed by atoms with Gasteiger partial charge in [0.25, 0.3) is 0 Å². The molecule has 3 nitrogen and oxygen atoms in total. The van der Waals surface area contributed by atoms with Gasteiger partial charge in [0, 0.05) is 11.1 Å². The fraction of sp³-hybridized carbons (Fsp3) is 0.500. The molecule has 0 bridgehead atoms. The van der Waals surface area contributed by atoms with Crippen molar-refractivity contribution in [1.29, 1.82) is 0 Å². The summed E-state index contributed by atoms with van der Waals surface area (Å²) in [6.45, 7) is 2.73. The van der Waals surface area contributed by atoms with Crippen LogP contribution >= 0.6 is 15.9 Å². The van der Waals surface area contributed by atoms with Gasteiger partial charge in [0.15, 0.2) is 0 Å². The second-order valence-electron chi connectivity index (χ2n) is 3.66. The first-order chi connectivity index (χ1) is 7.84. The van der Waals surface area contributed by atoms with Gasteiger partial charge in [0.05, 0.1) is 19.3 Å². The van der Waals surface area contributed by atoms with Crippen molar-refractivity contribution < 1.29 is 14.2 Å². The summed E-state index contributed by atoms with van der Waals surface area (Å²) in [5.74, 6) is 0.870. The molecule has 1 atom stereocenters. The van der Waals surface area contributed by atoms with Crippen LogP contribution in [0, 0.1) is 0 Å². The van der Waals surface area contributed by atoms with Crippen molar-refractivity contribution >= 4 is 15.9 Å². The van der Waals surface area contributed by atoms with Gasteiger partial charge in [-0.2, -0.15) is 0 Å². The number of hydrogen-bond acceptors (Lipinski definition) is 3. The van der Waals surface area contributed by atoms with Gasteiger partial charge in [0.1, 0.15) is 12.4 Å². The molecule has 4 heteroatoms. The average Bonchev–Trinajstić information content (AvgIpc) is 2.80. The zero-order valence-corrected chi connectivity index (χ0v) is 10.6. The Hall–Kier alpha value is -0.580. The second kappa shape index (κ2) is 6.23. The Morgan fingerprint density at radius 3 is 2.75 bits per heavy atom. The van der Waals surface area contributed by atoms with Crippen LogP contribution in [0.15, 0.2) is 28.7 Å². The molecule has 1 heterocycles. The van der Waals surface area contributed by atoms with Crippen molar-refractivity contribution in [2.45, 2.75) is 12.5 Å². The molecule has 88 valence electrons. The molecule has 0 aromatic heterocycles. The molecule has 0 radical (unpaired) electrons. The molecule has 16 heavy (non-hydrogen) atoms. The van der Waals surface area contributed by atoms with Crippen LogP contribution in [0.5, 0.6) is 5.75 Å². The van der Waals surface area contributed by atoms with E-state index in [9.17, 15) is 0 Å². The zero-order valence-electron chi connectivity index (χ0n) is 9.02. The van der Waals surface area contributed by atoms with E-state index < -0.39 is 0 Å². The third kappa shape index (κ3) is 3.77. The first-order valence-corrected chi connectivity index (χ1v) is 6.21. The highest BCUT2D eigenvalue weighted by Gasteiger charge is 2.15. The molecule has 0 amide bonds. The van der Waals surface area contributed by atoms with Crippen LogP contribution < -0.4 is 4.74 Å². The number of ether oxygens (including phenoxy) is 3. The Labute approximate surface area is 104 Å². The molecule has 0 N–H and O–H groups in total. The van der Waals surface area contributed by atoms with Crippen LogP contribution in [0.3, 0.4) is 0 Å². The number of halogens is 1. The van der Waals surface area contributed by atoms with E-state index in [1.165, 1.54) is 0 Å². The monoisotopic (exact) mass is 286 g/mol. The smallest absolute Gasteiger partial charge is 0.119 e. The molecule has 0 aliphatic carbocycles. The lowest BCUT2D eigenvalue weighted by atomic mass is 10.3. The van der Waals surface area contributed by atoms with Crippen LogP contribution in [0.2, 0.25) is 0 Å². The third-order valence-corrected chi connectivity index (χ3v) is 2.94. The van der Waals surface area contributed by atoms with Crippen molar-refractivity contribution in [2.75, 3.05) is 26.4 Å². The Morgan fingerprint density at radius 2 is 2.06 bits per heavy atom. The lowest BCUT2D eigenvalue weighted by molar-refractivity contribution is 0.0265. The molecule has 0 saturated carbocycles. The van der Waals surface area contributed by atoms with E-state index in [-0.39, 0.29) is 6.10 Å². The first kappa shape index (κ1) is 11.9. The molecule has 1 aliphatic heterocycles. The second-order valence-corrected chi connectivity index (χ2v) is 4.57. The third-order valence-electron chi connectivity index (χ3n) is 2.41. The summed E-state index contributed by atoms with van der Waals surface area (Å²) in [6, 6.07) is 7.79. The molecule has 1 aromatic rings. The maximum absolute atomic E-state index is 5.59. The predicted octanol–water partition coefficient (Wildman–Crippen LogP) is 2.63. The van der Waals surface area contributed by atoms with Crippen LogP contribution in [0.1, 0.15) is 6.42 Å². The highest BCUT2D eigenvalue weighted by Crippen LogP contribution is 2.16. The Balaban J connectivity index is 1.62. The molecule has 1 unspecified atom stereocenters. The lowest BCUT2D eigenvalue weighted by Gasteiger charge is -2.10. The Morgan fingerprint density at radius 1 is 1.25 bits per heavy atom. The van der Waals surface area contributed by atoms with E-state index in [0.29, 0.717) is 13.2 Å². The van der Waals surface area contributed by atoms with Crippen LogP contribution in [-0.2, 0) is 9.47 Å². The minimum Gasteiger partial charge on any atom is -0.491 e. The average molecular weight is 287 g/mol. The van der Waals surface area contributed by atoms with E-state index in [4.69, 9.17) is 14.2 Å². The summed E-state index contributed by atoms with van der Waals surface area (Å²) in [4.78, 5) is 0. The van der Waals surface area contributed by atoms with Gasteiger partial charge in [-0.1, -0.05) is 15.9 Å². The first-order valence-electron chi connectivity index (χ1n) is 5.42. The minimum atomic E-state index is 0.258. The molecule has 1 saturated heterocycles. The maximum Gasteiger partial charge on any atom is 0.119 e. The van der Waals surface area contributed by atoms with Gasteiger partial charge in [0.2, 0.25) is 0 Å². The fourth-order valence-electron chi connectivity index (χ4n) is 1.55. The van der Waals surface area contributed by atoms with Crippen LogP contribution in [0.25, 0.3) is 0 Å². The Kier molecular flexibility index (Phi) is 4.63. The molecule has 1 aliphatic rings. The maximum atomic E-state index is 5.59. The topological polar surface area (TPSA) is 27.7 Å². The van der Waals surface area contributed by atoms with E-state index in [1.807, 2.05) is 24.3 Å². The van der Waals surface area contributed by atoms with Gasteiger partial charge in [-0.3, -0.25) is 0 Å². The van der Waals surface area contributed by atoms with E-state index in [0.717, 1.165) is 29.9 Å². The van der Waals surface area contributed by atoms with E-state index in [2.05, 4.69) is 15.9 Å². The highest BCUT2D eigenvalue weighted by molar-refractivity contribution is 9.10. The minimum absolute atomic E-state index is 0.258. The van der Waals surface area contributed by atoms with Gasteiger partial charge in [-0.05, 0) is 30.7 Å². The largest absolute Gasteiger partial charge is 0.491 e. The summed E-state index contributed by atoms with van der Waals surface area (Å²) < 4.78 is 17.4. The van der Waals surface area contributed by atoms with Crippen molar-refractivity contribution in [3.8, 4) is 5.75 Å². The Bertz CT molecular complexity index is 307. The normalized spacial score (nSPS) is 19.9. The van der Waals surface area contributed by atoms with Crippen molar-refractivity contribution in [2.24, 2.45) is 0 Å². The molecule has 0 spiro atoms. The summed E-state index contributed by atoms with van der Waals surface area (Å²) in [6.07, 6.45) is 1.26. The summed E-state index contributed by atoms with van der Waals surface area (Å²) in [5.41, 5.74) is 0. The van der Waals surface area contributed by atoms with Gasteiger partial charge >= 0.3 is 0 Å². The molecular weight excluding hydrogens is 272 g/mol. The molecule has 2 rings (SSSR count). The SMILES string of the molecule is Brc1ccc(OCCOC2CCOC2)cc1. The quantitative estimate of drug-likeness (QED) is 0.779. The van der Waals surface area contributed by atoms with E-state index in [1.54, 1.807) is 0 Å². The van der Waals surface area contributed by atoms with Gasteiger partial charge in [-0.25, -0.2) is 0 Å². The highest BCUT2D eigenvalue weighted by atomic mass is 79.9.